The van der Waals surface area contributed by atoms with Gasteiger partial charge in [0.1, 0.15) is 0 Å². The van der Waals surface area contributed by atoms with Crippen LogP contribution >= 0.6 is 0 Å². The molecule has 0 N–H and O–H groups in total. The van der Waals surface area contributed by atoms with E-state index < -0.39 is 0 Å². The van der Waals surface area contributed by atoms with Gasteiger partial charge in [-0.2, -0.15) is 0 Å². The Balaban J connectivity index is 3.20. The van der Waals surface area contributed by atoms with Gasteiger partial charge < -0.3 is 0 Å². The average Bonchev–Trinajstić information content (AvgIpc) is 2.20. The average molecular weight is 190 g/mol. The molecule has 0 saturated carbocycles. The number of hydrogen-bond acceptors (Lipinski definition) is 0. The summed E-state index contributed by atoms with van der Waals surface area (Å²) in [4.78, 5) is 0. The number of rotatable bonds is 3. The maximum absolute atomic E-state index is 2.39. The first-order valence-electron chi connectivity index (χ1n) is 5.70. The largest absolute Gasteiger partial charge is 0.0648 e. The first kappa shape index (κ1) is 11.3. The molecular weight excluding hydrogens is 168 g/mol. The summed E-state index contributed by atoms with van der Waals surface area (Å²) in [5.41, 5.74) is 5.95. The highest BCUT2D eigenvalue weighted by Gasteiger charge is 2.09. The summed E-state index contributed by atoms with van der Waals surface area (Å²) < 4.78 is 0. The molecule has 0 radical (unpaired) electrons. The van der Waals surface area contributed by atoms with Crippen LogP contribution in [0.15, 0.2) is 12.1 Å². The third-order valence-corrected chi connectivity index (χ3v) is 3.32. The molecule has 0 fully saturated rings. The van der Waals surface area contributed by atoms with Crippen LogP contribution in [0.5, 0.6) is 0 Å². The van der Waals surface area contributed by atoms with E-state index in [9.17, 15) is 0 Å². The van der Waals surface area contributed by atoms with Gasteiger partial charge in [-0.15, -0.1) is 0 Å². The minimum Gasteiger partial charge on any atom is -0.0648 e. The first-order valence-corrected chi connectivity index (χ1v) is 5.70. The van der Waals surface area contributed by atoms with Crippen molar-refractivity contribution in [2.24, 2.45) is 0 Å². The van der Waals surface area contributed by atoms with Crippen molar-refractivity contribution in [3.63, 3.8) is 0 Å². The third kappa shape index (κ3) is 2.17. The highest BCUT2D eigenvalue weighted by Crippen LogP contribution is 2.26. The third-order valence-electron chi connectivity index (χ3n) is 3.32. The number of benzene rings is 1. The molecule has 1 aromatic carbocycles. The Kier molecular flexibility index (Phi) is 3.74. The van der Waals surface area contributed by atoms with E-state index in [2.05, 4.69) is 46.8 Å². The lowest BCUT2D eigenvalue weighted by Gasteiger charge is -2.16. The molecule has 1 unspecified atom stereocenters. The Hall–Kier alpha value is -0.780. The van der Waals surface area contributed by atoms with Gasteiger partial charge in [0.15, 0.2) is 0 Å². The van der Waals surface area contributed by atoms with Crippen molar-refractivity contribution in [1.29, 1.82) is 0 Å². The van der Waals surface area contributed by atoms with Gasteiger partial charge in [0, 0.05) is 0 Å². The summed E-state index contributed by atoms with van der Waals surface area (Å²) in [6, 6.07) is 4.71. The zero-order chi connectivity index (χ0) is 10.7. The summed E-state index contributed by atoms with van der Waals surface area (Å²) in [6.07, 6.45) is 2.37. The second-order valence-corrected chi connectivity index (χ2v) is 4.29. The topological polar surface area (TPSA) is 0 Å². The van der Waals surface area contributed by atoms with E-state index >= 15 is 0 Å². The van der Waals surface area contributed by atoms with Crippen LogP contribution in [0.2, 0.25) is 0 Å². The molecule has 78 valence electrons. The van der Waals surface area contributed by atoms with Crippen molar-refractivity contribution < 1.29 is 0 Å². The van der Waals surface area contributed by atoms with E-state index in [0.717, 1.165) is 6.42 Å². The molecule has 1 aromatic rings. The van der Waals surface area contributed by atoms with Crippen molar-refractivity contribution >= 4 is 0 Å². The normalized spacial score (nSPS) is 12.9. The molecule has 0 nitrogen and oxygen atoms in total. The lowest BCUT2D eigenvalue weighted by molar-refractivity contribution is 0.725. The molecule has 0 amide bonds. The Morgan fingerprint density at radius 1 is 1.14 bits per heavy atom. The van der Waals surface area contributed by atoms with Crippen molar-refractivity contribution in [1.82, 2.24) is 0 Å². The summed E-state index contributed by atoms with van der Waals surface area (Å²) in [5.74, 6) is 0.695. The molecule has 0 spiro atoms. The van der Waals surface area contributed by atoms with Crippen molar-refractivity contribution in [3.05, 3.63) is 34.4 Å². The molecule has 0 heteroatoms. The van der Waals surface area contributed by atoms with E-state index in [1.807, 2.05) is 0 Å². The van der Waals surface area contributed by atoms with Gasteiger partial charge in [-0.1, -0.05) is 32.9 Å². The minimum atomic E-state index is 0.695. The highest BCUT2D eigenvalue weighted by molar-refractivity contribution is 5.39. The van der Waals surface area contributed by atoms with Gasteiger partial charge in [0.25, 0.3) is 0 Å². The van der Waals surface area contributed by atoms with E-state index in [-0.39, 0.29) is 0 Å². The standard InChI is InChI=1S/C14H22/c1-6-10(3)14-9-13(7-2)8-11(4)12(14)5/h8-10H,6-7H2,1-5H3. The van der Waals surface area contributed by atoms with Crippen LogP contribution in [0, 0.1) is 13.8 Å². The van der Waals surface area contributed by atoms with E-state index in [1.54, 1.807) is 5.56 Å². The van der Waals surface area contributed by atoms with Crippen LogP contribution in [0.3, 0.4) is 0 Å². The van der Waals surface area contributed by atoms with Crippen LogP contribution in [-0.2, 0) is 6.42 Å². The Bertz CT molecular complexity index is 310. The Morgan fingerprint density at radius 3 is 2.29 bits per heavy atom. The van der Waals surface area contributed by atoms with Gasteiger partial charge in [-0.25, -0.2) is 0 Å². The van der Waals surface area contributed by atoms with Gasteiger partial charge in [0.05, 0.1) is 0 Å². The molecule has 0 aliphatic heterocycles. The molecule has 1 atom stereocenters. The number of hydrogen-bond donors (Lipinski definition) is 0. The first-order chi connectivity index (χ1) is 6.60. The second-order valence-electron chi connectivity index (χ2n) is 4.29. The smallest absolute Gasteiger partial charge is 0.0190 e. The van der Waals surface area contributed by atoms with Crippen LogP contribution in [0.1, 0.15) is 55.4 Å². The van der Waals surface area contributed by atoms with Gasteiger partial charge >= 0.3 is 0 Å². The van der Waals surface area contributed by atoms with Crippen LogP contribution in [0.4, 0.5) is 0 Å². The maximum atomic E-state index is 2.39. The lowest BCUT2D eigenvalue weighted by atomic mass is 9.89. The second kappa shape index (κ2) is 4.63. The predicted octanol–water partition coefficient (Wildman–Crippen LogP) is 4.38. The van der Waals surface area contributed by atoms with Gasteiger partial charge in [0.2, 0.25) is 0 Å². The fourth-order valence-corrected chi connectivity index (χ4v) is 1.90. The van der Waals surface area contributed by atoms with Crippen molar-refractivity contribution in [3.8, 4) is 0 Å². The van der Waals surface area contributed by atoms with Crippen LogP contribution < -0.4 is 0 Å². The SMILES string of the molecule is CCc1cc(C)c(C)c(C(C)CC)c1. The Labute approximate surface area is 88.4 Å². The Morgan fingerprint density at radius 2 is 1.79 bits per heavy atom. The molecule has 0 saturated heterocycles. The highest BCUT2D eigenvalue weighted by atomic mass is 14.1. The van der Waals surface area contributed by atoms with Crippen LogP contribution in [-0.4, -0.2) is 0 Å². The van der Waals surface area contributed by atoms with Crippen molar-refractivity contribution in [2.75, 3.05) is 0 Å². The van der Waals surface area contributed by atoms with Gasteiger partial charge in [-0.3, -0.25) is 0 Å². The molecule has 1 rings (SSSR count). The maximum Gasteiger partial charge on any atom is -0.0190 e. The van der Waals surface area contributed by atoms with Crippen LogP contribution in [0.25, 0.3) is 0 Å². The fourth-order valence-electron chi connectivity index (χ4n) is 1.90. The predicted molar refractivity (Wildman–Crippen MR) is 64.0 cm³/mol. The molecule has 0 bridgehead atoms. The quantitative estimate of drug-likeness (QED) is 0.663. The molecule has 0 heterocycles. The summed E-state index contributed by atoms with van der Waals surface area (Å²) in [5, 5.41) is 0. The van der Waals surface area contributed by atoms with E-state index in [0.29, 0.717) is 5.92 Å². The van der Waals surface area contributed by atoms with Crippen molar-refractivity contribution in [2.45, 2.75) is 53.4 Å². The summed E-state index contributed by atoms with van der Waals surface area (Å²) in [6.45, 7) is 11.3. The molecule has 14 heavy (non-hydrogen) atoms. The lowest BCUT2D eigenvalue weighted by Crippen LogP contribution is -1.99. The van der Waals surface area contributed by atoms with E-state index in [4.69, 9.17) is 0 Å². The number of aryl methyl sites for hydroxylation is 2. The van der Waals surface area contributed by atoms with Gasteiger partial charge in [-0.05, 0) is 54.9 Å². The van der Waals surface area contributed by atoms with E-state index in [1.165, 1.54) is 23.1 Å². The fraction of sp³-hybridized carbons (Fsp3) is 0.571. The zero-order valence-electron chi connectivity index (χ0n) is 10.1. The monoisotopic (exact) mass is 190 g/mol. The molecule has 0 aliphatic rings. The molecule has 0 aliphatic carbocycles. The summed E-state index contributed by atoms with van der Waals surface area (Å²) in [7, 11) is 0. The molecular formula is C14H22. The summed E-state index contributed by atoms with van der Waals surface area (Å²) >= 11 is 0. The minimum absolute atomic E-state index is 0.695. The zero-order valence-corrected chi connectivity index (χ0v) is 10.1. The molecule has 0 aromatic heterocycles.